The largest absolute Gasteiger partial charge is 0.454 e. The number of fused-ring (bicyclic) bond motifs is 1. The lowest BCUT2D eigenvalue weighted by Crippen LogP contribution is -2.39. The molecule has 0 atom stereocenters. The lowest BCUT2D eigenvalue weighted by molar-refractivity contribution is -0.135. The van der Waals surface area contributed by atoms with Crippen molar-refractivity contribution in [2.45, 2.75) is 32.1 Å². The Bertz CT molecular complexity index is 624. The number of nitrogens with two attached hydrogens (primary N) is 1. The van der Waals surface area contributed by atoms with Crippen molar-refractivity contribution in [3.8, 4) is 11.5 Å². The monoisotopic (exact) mass is 355 g/mol. The highest BCUT2D eigenvalue weighted by Gasteiger charge is 2.20. The van der Waals surface area contributed by atoms with Crippen molar-refractivity contribution in [2.24, 2.45) is 0 Å². The smallest absolute Gasteiger partial charge is 0.244 e. The Morgan fingerprint density at radius 2 is 1.88 bits per heavy atom. The SMILES string of the molecule is Cl.Nc1cc2c(cc1NC(=O)CN1CCCCCCC1=O)OCO2. The van der Waals surface area contributed by atoms with Crippen LogP contribution in [0.15, 0.2) is 12.1 Å². The molecule has 0 radical (unpaired) electrons. The number of nitrogen functional groups attached to an aromatic ring is 1. The molecule has 2 heterocycles. The number of anilines is 2. The molecule has 1 aromatic carbocycles. The van der Waals surface area contributed by atoms with Crippen LogP contribution in [0.3, 0.4) is 0 Å². The van der Waals surface area contributed by atoms with Crippen molar-refractivity contribution in [3.63, 3.8) is 0 Å². The second-order valence-electron chi connectivity index (χ2n) is 5.82. The lowest BCUT2D eigenvalue weighted by atomic mass is 10.1. The second kappa shape index (κ2) is 8.10. The zero-order chi connectivity index (χ0) is 16.2. The normalized spacial score (nSPS) is 16.8. The molecule has 2 aliphatic rings. The molecule has 1 saturated heterocycles. The standard InChI is InChI=1S/C16H21N3O4.ClH/c17-11-7-13-14(23-10-22-13)8-12(11)18-15(20)9-19-6-4-2-1-3-5-16(19)21;/h7-8H,1-6,9-10,17H2,(H,18,20);1H. The minimum atomic E-state index is -0.260. The van der Waals surface area contributed by atoms with E-state index < -0.39 is 0 Å². The van der Waals surface area contributed by atoms with E-state index >= 15 is 0 Å². The van der Waals surface area contributed by atoms with Gasteiger partial charge in [-0.25, -0.2) is 0 Å². The van der Waals surface area contributed by atoms with Crippen LogP contribution < -0.4 is 20.5 Å². The van der Waals surface area contributed by atoms with Gasteiger partial charge in [0.2, 0.25) is 18.6 Å². The molecule has 2 aliphatic heterocycles. The summed E-state index contributed by atoms with van der Waals surface area (Å²) in [6, 6.07) is 3.27. The molecule has 1 fully saturated rings. The molecule has 0 bridgehead atoms. The number of nitrogens with one attached hydrogen (secondary N) is 1. The molecule has 7 nitrogen and oxygen atoms in total. The van der Waals surface area contributed by atoms with Gasteiger partial charge in [0.1, 0.15) is 0 Å². The van der Waals surface area contributed by atoms with Crippen molar-refractivity contribution in [2.75, 3.05) is 30.9 Å². The predicted molar refractivity (Wildman–Crippen MR) is 92.5 cm³/mol. The fraction of sp³-hybridized carbons (Fsp3) is 0.500. The minimum absolute atomic E-state index is 0. The van der Waals surface area contributed by atoms with E-state index in [0.717, 1.165) is 25.7 Å². The van der Waals surface area contributed by atoms with Gasteiger partial charge < -0.3 is 25.4 Å². The molecule has 0 aliphatic carbocycles. The zero-order valence-electron chi connectivity index (χ0n) is 13.4. The first-order chi connectivity index (χ1) is 11.1. The maximum Gasteiger partial charge on any atom is 0.244 e. The molecule has 0 spiro atoms. The van der Waals surface area contributed by atoms with Crippen LogP contribution in [0, 0.1) is 0 Å². The van der Waals surface area contributed by atoms with Crippen LogP contribution in [-0.2, 0) is 9.59 Å². The molecule has 0 aromatic heterocycles. The summed E-state index contributed by atoms with van der Waals surface area (Å²) in [7, 11) is 0. The number of rotatable bonds is 3. The highest BCUT2D eigenvalue weighted by Crippen LogP contribution is 2.38. The van der Waals surface area contributed by atoms with Crippen LogP contribution in [0.4, 0.5) is 11.4 Å². The first-order valence-corrected chi connectivity index (χ1v) is 7.90. The molecule has 0 unspecified atom stereocenters. The highest BCUT2D eigenvalue weighted by atomic mass is 35.5. The Morgan fingerprint density at radius 3 is 2.67 bits per heavy atom. The molecule has 3 rings (SSSR count). The summed E-state index contributed by atoms with van der Waals surface area (Å²) < 4.78 is 10.5. The summed E-state index contributed by atoms with van der Waals surface area (Å²) >= 11 is 0. The van der Waals surface area contributed by atoms with Gasteiger partial charge in [0.05, 0.1) is 17.9 Å². The number of likely N-dealkylation sites (tertiary alicyclic amines) is 1. The summed E-state index contributed by atoms with van der Waals surface area (Å²) in [6.45, 7) is 0.823. The predicted octanol–water partition coefficient (Wildman–Crippen LogP) is 2.15. The van der Waals surface area contributed by atoms with Crippen molar-refractivity contribution < 1.29 is 19.1 Å². The topological polar surface area (TPSA) is 93.9 Å². The van der Waals surface area contributed by atoms with Gasteiger partial charge >= 0.3 is 0 Å². The first kappa shape index (κ1) is 18.2. The number of ether oxygens (including phenoxy) is 2. The third-order valence-corrected chi connectivity index (χ3v) is 4.07. The van der Waals surface area contributed by atoms with E-state index in [1.165, 1.54) is 0 Å². The van der Waals surface area contributed by atoms with Gasteiger partial charge in [-0.15, -0.1) is 12.4 Å². The van der Waals surface area contributed by atoms with Crippen LogP contribution in [0.1, 0.15) is 32.1 Å². The van der Waals surface area contributed by atoms with Gasteiger partial charge in [-0.2, -0.15) is 0 Å². The molecular formula is C16H22ClN3O4. The molecule has 1 aromatic rings. The summed E-state index contributed by atoms with van der Waals surface area (Å²) in [5.74, 6) is 0.902. The summed E-state index contributed by atoms with van der Waals surface area (Å²) in [5, 5.41) is 2.75. The Kier molecular flexibility index (Phi) is 6.14. The Labute approximate surface area is 146 Å². The van der Waals surface area contributed by atoms with E-state index in [2.05, 4.69) is 5.32 Å². The lowest BCUT2D eigenvalue weighted by Gasteiger charge is -2.24. The van der Waals surface area contributed by atoms with Crippen molar-refractivity contribution in [1.82, 2.24) is 4.90 Å². The minimum Gasteiger partial charge on any atom is -0.454 e. The van der Waals surface area contributed by atoms with E-state index in [4.69, 9.17) is 15.2 Å². The van der Waals surface area contributed by atoms with E-state index in [-0.39, 0.29) is 37.6 Å². The number of carbonyl (C=O) groups excluding carboxylic acids is 2. The van der Waals surface area contributed by atoms with Gasteiger partial charge in [-0.1, -0.05) is 12.8 Å². The Morgan fingerprint density at radius 1 is 1.17 bits per heavy atom. The van der Waals surface area contributed by atoms with Crippen molar-refractivity contribution in [1.29, 1.82) is 0 Å². The van der Waals surface area contributed by atoms with E-state index in [1.807, 2.05) is 0 Å². The van der Waals surface area contributed by atoms with Crippen molar-refractivity contribution >= 4 is 35.6 Å². The average Bonchev–Trinajstić information content (AvgIpc) is 2.94. The summed E-state index contributed by atoms with van der Waals surface area (Å²) in [5.41, 5.74) is 6.79. The highest BCUT2D eigenvalue weighted by molar-refractivity contribution is 5.97. The zero-order valence-corrected chi connectivity index (χ0v) is 14.2. The third-order valence-electron chi connectivity index (χ3n) is 4.07. The summed E-state index contributed by atoms with van der Waals surface area (Å²) in [6.07, 6.45) is 4.52. The van der Waals surface area contributed by atoms with Gasteiger partial charge in [-0.3, -0.25) is 9.59 Å². The molecule has 3 N–H and O–H groups in total. The summed E-state index contributed by atoms with van der Waals surface area (Å²) in [4.78, 5) is 25.9. The fourth-order valence-electron chi connectivity index (χ4n) is 2.81. The Balaban J connectivity index is 0.00000208. The molecule has 2 amide bonds. The van der Waals surface area contributed by atoms with E-state index in [1.54, 1.807) is 17.0 Å². The number of hydrogen-bond donors (Lipinski definition) is 2. The first-order valence-electron chi connectivity index (χ1n) is 7.90. The number of amides is 2. The van der Waals surface area contributed by atoms with Crippen molar-refractivity contribution in [3.05, 3.63) is 12.1 Å². The van der Waals surface area contributed by atoms with Gasteiger partial charge in [-0.05, 0) is 12.8 Å². The van der Waals surface area contributed by atoms with Gasteiger partial charge in [0, 0.05) is 25.1 Å². The number of hydrogen-bond acceptors (Lipinski definition) is 5. The number of halogens is 1. The van der Waals surface area contributed by atoms with Crippen LogP contribution in [0.5, 0.6) is 11.5 Å². The second-order valence-corrected chi connectivity index (χ2v) is 5.82. The fourth-order valence-corrected chi connectivity index (χ4v) is 2.81. The van der Waals surface area contributed by atoms with Gasteiger partial charge in [0.25, 0.3) is 0 Å². The average molecular weight is 356 g/mol. The van der Waals surface area contributed by atoms with Crippen LogP contribution in [-0.4, -0.2) is 36.6 Å². The van der Waals surface area contributed by atoms with E-state index in [0.29, 0.717) is 35.8 Å². The molecule has 0 saturated carbocycles. The Hall–Kier alpha value is -2.15. The molecule has 8 heteroatoms. The quantitative estimate of drug-likeness (QED) is 0.810. The van der Waals surface area contributed by atoms with E-state index in [9.17, 15) is 9.59 Å². The van der Waals surface area contributed by atoms with Crippen LogP contribution in [0.25, 0.3) is 0 Å². The van der Waals surface area contributed by atoms with Crippen LogP contribution >= 0.6 is 12.4 Å². The maximum absolute atomic E-state index is 12.2. The number of benzene rings is 1. The number of nitrogens with zero attached hydrogens (tertiary/aromatic N) is 1. The van der Waals surface area contributed by atoms with Crippen LogP contribution in [0.2, 0.25) is 0 Å². The molecular weight excluding hydrogens is 334 g/mol. The van der Waals surface area contributed by atoms with Gasteiger partial charge in [0.15, 0.2) is 11.5 Å². The number of carbonyl (C=O) groups is 2. The molecule has 24 heavy (non-hydrogen) atoms. The third kappa shape index (κ3) is 4.23. The molecule has 132 valence electrons. The maximum atomic E-state index is 12.2.